The van der Waals surface area contributed by atoms with Gasteiger partial charge in [-0.2, -0.15) is 4.72 Å². The Balaban J connectivity index is 2.39. The lowest BCUT2D eigenvalue weighted by molar-refractivity contribution is -0.136. The van der Waals surface area contributed by atoms with Gasteiger partial charge in [0.25, 0.3) is 0 Å². The first-order chi connectivity index (χ1) is 17.5. The maximum Gasteiger partial charge on any atom is 0.241 e. The Hall–Kier alpha value is -3.13. The standard InChI is InChI=1S/C23H32ClN5O7S/c1-34-10-9-29(14-21(24)30)22(31)18(5-4-8-27-23(25)26)28-37(32,33)17-7-6-15-12-19(35-2)20(36-3)13-16(15)11-17/h6-7,11-13,18,28H,4-5,8-10,14H2,1-3H3,(H4,25,26,27)/t18-/m0/s1. The van der Waals surface area contributed by atoms with Gasteiger partial charge in [0.2, 0.25) is 21.2 Å². The van der Waals surface area contributed by atoms with Crippen molar-refractivity contribution in [2.24, 2.45) is 16.5 Å². The molecular weight excluding hydrogens is 526 g/mol. The molecule has 2 rings (SSSR count). The number of fused-ring (bicyclic) bond motifs is 1. The summed E-state index contributed by atoms with van der Waals surface area (Å²) in [7, 11) is 0.246. The first-order valence-corrected chi connectivity index (χ1v) is 13.1. The van der Waals surface area contributed by atoms with Crippen molar-refractivity contribution in [1.82, 2.24) is 9.62 Å². The smallest absolute Gasteiger partial charge is 0.241 e. The molecule has 1 amide bonds. The fraction of sp³-hybridized carbons (Fsp3) is 0.435. The molecular formula is C23H32ClN5O7S. The van der Waals surface area contributed by atoms with Crippen molar-refractivity contribution >= 4 is 49.5 Å². The second kappa shape index (κ2) is 14.0. The first kappa shape index (κ1) is 30.1. The number of benzene rings is 2. The van der Waals surface area contributed by atoms with E-state index >= 15 is 0 Å². The minimum atomic E-state index is -4.17. The summed E-state index contributed by atoms with van der Waals surface area (Å²) in [6, 6.07) is 6.68. The molecule has 0 aromatic heterocycles. The van der Waals surface area contributed by atoms with Crippen LogP contribution in [0.1, 0.15) is 12.8 Å². The normalized spacial score (nSPS) is 12.1. The average Bonchev–Trinajstić information content (AvgIpc) is 2.86. The number of sulfonamides is 1. The Morgan fingerprint density at radius 3 is 2.30 bits per heavy atom. The van der Waals surface area contributed by atoms with E-state index in [-0.39, 0.29) is 37.0 Å². The SMILES string of the molecule is COCCN(CC(=O)Cl)C(=O)[C@H](CCCN=C(N)N)NS(=O)(=O)c1ccc2cc(OC)c(OC)cc2c1. The molecule has 0 heterocycles. The summed E-state index contributed by atoms with van der Waals surface area (Å²) < 4.78 is 44.8. The first-order valence-electron chi connectivity index (χ1n) is 11.2. The Bertz CT molecular complexity index is 1240. The van der Waals surface area contributed by atoms with Gasteiger partial charge in [0.15, 0.2) is 17.5 Å². The number of halogens is 1. The zero-order chi connectivity index (χ0) is 27.6. The van der Waals surface area contributed by atoms with Crippen molar-refractivity contribution in [2.45, 2.75) is 23.8 Å². The highest BCUT2D eigenvalue weighted by Gasteiger charge is 2.30. The van der Waals surface area contributed by atoms with Crippen molar-refractivity contribution in [3.8, 4) is 11.5 Å². The van der Waals surface area contributed by atoms with Crippen LogP contribution in [-0.4, -0.2) is 84.0 Å². The van der Waals surface area contributed by atoms with Crippen LogP contribution in [0.5, 0.6) is 11.5 Å². The monoisotopic (exact) mass is 557 g/mol. The molecule has 0 saturated carbocycles. The van der Waals surface area contributed by atoms with E-state index in [0.29, 0.717) is 23.3 Å². The van der Waals surface area contributed by atoms with E-state index < -0.39 is 33.8 Å². The molecule has 5 N–H and O–H groups in total. The van der Waals surface area contributed by atoms with Gasteiger partial charge in [-0.15, -0.1) is 0 Å². The molecule has 14 heteroatoms. The molecule has 12 nitrogen and oxygen atoms in total. The Morgan fingerprint density at radius 1 is 1.08 bits per heavy atom. The van der Waals surface area contributed by atoms with Gasteiger partial charge in [-0.1, -0.05) is 6.07 Å². The van der Waals surface area contributed by atoms with Crippen LogP contribution in [0.15, 0.2) is 40.2 Å². The van der Waals surface area contributed by atoms with Crippen molar-refractivity contribution in [3.05, 3.63) is 30.3 Å². The maximum atomic E-state index is 13.3. The van der Waals surface area contributed by atoms with Crippen LogP contribution in [0.25, 0.3) is 10.8 Å². The fourth-order valence-electron chi connectivity index (χ4n) is 3.55. The minimum Gasteiger partial charge on any atom is -0.493 e. The number of nitrogens with zero attached hydrogens (tertiary/aromatic N) is 2. The summed E-state index contributed by atoms with van der Waals surface area (Å²) in [5.41, 5.74) is 10.7. The third-order valence-corrected chi connectivity index (χ3v) is 6.95. The molecule has 0 bridgehead atoms. The van der Waals surface area contributed by atoms with E-state index in [2.05, 4.69) is 9.71 Å². The predicted octanol–water partition coefficient (Wildman–Crippen LogP) is 0.798. The van der Waals surface area contributed by atoms with Crippen molar-refractivity contribution in [1.29, 1.82) is 0 Å². The highest BCUT2D eigenvalue weighted by Crippen LogP contribution is 2.33. The molecule has 204 valence electrons. The third-order valence-electron chi connectivity index (χ3n) is 5.36. The van der Waals surface area contributed by atoms with E-state index in [1.807, 2.05) is 0 Å². The van der Waals surface area contributed by atoms with E-state index in [1.165, 1.54) is 33.5 Å². The molecule has 0 aliphatic heterocycles. The highest BCUT2D eigenvalue weighted by molar-refractivity contribution is 7.89. The summed E-state index contributed by atoms with van der Waals surface area (Å²) in [5, 5.41) is 0.545. The van der Waals surface area contributed by atoms with Crippen LogP contribution >= 0.6 is 11.6 Å². The predicted molar refractivity (Wildman–Crippen MR) is 140 cm³/mol. The molecule has 0 spiro atoms. The summed E-state index contributed by atoms with van der Waals surface area (Å²) in [4.78, 5) is 29.8. The zero-order valence-electron chi connectivity index (χ0n) is 20.9. The average molecular weight is 558 g/mol. The molecule has 0 aliphatic carbocycles. The highest BCUT2D eigenvalue weighted by atomic mass is 35.5. The fourth-order valence-corrected chi connectivity index (χ4v) is 4.95. The van der Waals surface area contributed by atoms with Gasteiger partial charge in [-0.05, 0) is 59.5 Å². The van der Waals surface area contributed by atoms with Crippen LogP contribution in [-0.2, 0) is 24.3 Å². The topological polar surface area (TPSA) is 176 Å². The van der Waals surface area contributed by atoms with Crippen LogP contribution in [0.4, 0.5) is 0 Å². The lowest BCUT2D eigenvalue weighted by atomic mass is 10.1. The molecule has 0 fully saturated rings. The van der Waals surface area contributed by atoms with E-state index in [1.54, 1.807) is 18.2 Å². The van der Waals surface area contributed by atoms with Crippen LogP contribution in [0.2, 0.25) is 0 Å². The van der Waals surface area contributed by atoms with Crippen LogP contribution < -0.4 is 25.7 Å². The summed E-state index contributed by atoms with van der Waals surface area (Å²) in [5.74, 6) is 0.178. The number of carbonyl (C=O) groups is 2. The molecule has 2 aromatic carbocycles. The van der Waals surface area contributed by atoms with Gasteiger partial charge in [0.1, 0.15) is 6.04 Å². The van der Waals surface area contributed by atoms with Crippen molar-refractivity contribution in [2.75, 3.05) is 47.6 Å². The summed E-state index contributed by atoms with van der Waals surface area (Å²) in [6.07, 6.45) is 0.353. The molecule has 0 saturated heterocycles. The minimum absolute atomic E-state index is 0.0392. The van der Waals surface area contributed by atoms with E-state index in [9.17, 15) is 18.0 Å². The quantitative estimate of drug-likeness (QED) is 0.124. The van der Waals surface area contributed by atoms with Crippen LogP contribution in [0.3, 0.4) is 0 Å². The maximum absolute atomic E-state index is 13.3. The number of hydrogen-bond acceptors (Lipinski definition) is 8. The Kier molecular flexibility index (Phi) is 11.4. The largest absolute Gasteiger partial charge is 0.493 e. The summed E-state index contributed by atoms with van der Waals surface area (Å²) >= 11 is 5.52. The molecule has 1 atom stereocenters. The number of hydrogen-bond donors (Lipinski definition) is 3. The van der Waals surface area contributed by atoms with Gasteiger partial charge < -0.3 is 30.6 Å². The number of methoxy groups -OCH3 is 3. The molecule has 37 heavy (non-hydrogen) atoms. The number of carbonyl (C=O) groups excluding carboxylic acids is 2. The lowest BCUT2D eigenvalue weighted by Crippen LogP contribution is -2.50. The van der Waals surface area contributed by atoms with E-state index in [0.717, 1.165) is 10.3 Å². The number of nitrogens with one attached hydrogen (secondary N) is 1. The lowest BCUT2D eigenvalue weighted by Gasteiger charge is -2.26. The Morgan fingerprint density at radius 2 is 1.73 bits per heavy atom. The molecule has 2 aromatic rings. The number of ether oxygens (including phenoxy) is 3. The van der Waals surface area contributed by atoms with Crippen LogP contribution in [0, 0.1) is 0 Å². The van der Waals surface area contributed by atoms with Gasteiger partial charge in [0, 0.05) is 20.2 Å². The van der Waals surface area contributed by atoms with Gasteiger partial charge in [-0.25, -0.2) is 8.42 Å². The summed E-state index contributed by atoms with van der Waals surface area (Å²) in [6.45, 7) is -0.0672. The number of rotatable bonds is 15. The molecule has 0 radical (unpaired) electrons. The van der Waals surface area contributed by atoms with Crippen molar-refractivity contribution in [3.63, 3.8) is 0 Å². The molecule has 0 unspecified atom stereocenters. The number of nitrogens with two attached hydrogens (primary N) is 2. The van der Waals surface area contributed by atoms with Gasteiger partial charge >= 0.3 is 0 Å². The second-order valence-electron chi connectivity index (χ2n) is 7.95. The third kappa shape index (κ3) is 8.74. The number of amides is 1. The van der Waals surface area contributed by atoms with Gasteiger partial charge in [0.05, 0.1) is 32.3 Å². The zero-order valence-corrected chi connectivity index (χ0v) is 22.5. The number of guanidine groups is 1. The Labute approximate surface area is 220 Å². The molecule has 0 aliphatic rings. The second-order valence-corrected chi connectivity index (χ2v) is 10.1. The van der Waals surface area contributed by atoms with E-state index in [4.69, 9.17) is 37.3 Å². The number of aliphatic imine (C=N–C) groups is 1. The van der Waals surface area contributed by atoms with Crippen molar-refractivity contribution < 1.29 is 32.2 Å². The van der Waals surface area contributed by atoms with Gasteiger partial charge in [-0.3, -0.25) is 14.6 Å².